The number of hydrogen-bond donors (Lipinski definition) is 1. The molecule has 0 radical (unpaired) electrons. The van der Waals surface area contributed by atoms with Crippen LogP contribution >= 0.6 is 11.3 Å². The summed E-state index contributed by atoms with van der Waals surface area (Å²) >= 11 is 1.81. The minimum Gasteiger partial charge on any atom is -0.396 e. The van der Waals surface area contributed by atoms with Crippen molar-refractivity contribution in [2.75, 3.05) is 19.7 Å². The first-order chi connectivity index (χ1) is 5.88. The quantitative estimate of drug-likeness (QED) is 0.760. The predicted octanol–water partition coefficient (Wildman–Crippen LogP) is 1.17. The standard InChI is InChI=1S/C9H13NOS/c11-7-8-4-10(5-8)6-9-2-1-3-12-9/h1-3,8,11H,4-7H2. The maximum absolute atomic E-state index is 8.81. The second-order valence-corrected chi connectivity index (χ2v) is 4.35. The molecule has 66 valence electrons. The summed E-state index contributed by atoms with van der Waals surface area (Å²) in [6.45, 7) is 3.54. The third-order valence-electron chi connectivity index (χ3n) is 2.25. The van der Waals surface area contributed by atoms with Gasteiger partial charge in [0.05, 0.1) is 0 Å². The monoisotopic (exact) mass is 183 g/mol. The van der Waals surface area contributed by atoms with Crippen LogP contribution in [0.4, 0.5) is 0 Å². The number of aliphatic hydroxyl groups excluding tert-OH is 1. The van der Waals surface area contributed by atoms with Crippen molar-refractivity contribution in [3.8, 4) is 0 Å². The molecule has 12 heavy (non-hydrogen) atoms. The molecule has 1 aromatic heterocycles. The van der Waals surface area contributed by atoms with Gasteiger partial charge in [-0.2, -0.15) is 0 Å². The lowest BCUT2D eigenvalue weighted by Crippen LogP contribution is -2.47. The Morgan fingerprint density at radius 1 is 1.58 bits per heavy atom. The molecule has 0 aromatic carbocycles. The molecule has 0 unspecified atom stereocenters. The second-order valence-electron chi connectivity index (χ2n) is 3.32. The predicted molar refractivity (Wildman–Crippen MR) is 50.2 cm³/mol. The van der Waals surface area contributed by atoms with Crippen LogP contribution in [0.2, 0.25) is 0 Å². The van der Waals surface area contributed by atoms with Gasteiger partial charge in [-0.1, -0.05) is 6.07 Å². The van der Waals surface area contributed by atoms with E-state index in [9.17, 15) is 0 Å². The molecule has 0 atom stereocenters. The molecule has 3 heteroatoms. The van der Waals surface area contributed by atoms with Gasteiger partial charge >= 0.3 is 0 Å². The Kier molecular flexibility index (Phi) is 2.44. The van der Waals surface area contributed by atoms with E-state index in [2.05, 4.69) is 22.4 Å². The van der Waals surface area contributed by atoms with Crippen molar-refractivity contribution in [1.29, 1.82) is 0 Å². The van der Waals surface area contributed by atoms with E-state index in [1.165, 1.54) is 4.88 Å². The molecule has 2 heterocycles. The molecule has 2 nitrogen and oxygen atoms in total. The number of nitrogens with zero attached hydrogens (tertiary/aromatic N) is 1. The average molecular weight is 183 g/mol. The Bertz CT molecular complexity index is 229. The smallest absolute Gasteiger partial charge is 0.0483 e. The van der Waals surface area contributed by atoms with Crippen molar-refractivity contribution < 1.29 is 5.11 Å². The van der Waals surface area contributed by atoms with E-state index in [-0.39, 0.29) is 0 Å². The summed E-state index contributed by atoms with van der Waals surface area (Å²) < 4.78 is 0. The molecular weight excluding hydrogens is 170 g/mol. The molecule has 1 N–H and O–H groups in total. The number of aliphatic hydroxyl groups is 1. The first-order valence-corrected chi connectivity index (χ1v) is 5.12. The summed E-state index contributed by atoms with van der Waals surface area (Å²) in [4.78, 5) is 3.79. The van der Waals surface area contributed by atoms with E-state index in [1.54, 1.807) is 11.3 Å². The molecule has 0 saturated carbocycles. The normalized spacial score (nSPS) is 19.4. The van der Waals surface area contributed by atoms with Crippen LogP contribution < -0.4 is 0 Å². The van der Waals surface area contributed by atoms with Crippen molar-refractivity contribution in [2.45, 2.75) is 6.54 Å². The second kappa shape index (κ2) is 3.56. The van der Waals surface area contributed by atoms with Crippen molar-refractivity contribution in [3.05, 3.63) is 22.4 Å². The van der Waals surface area contributed by atoms with Crippen molar-refractivity contribution >= 4 is 11.3 Å². The fraction of sp³-hybridized carbons (Fsp3) is 0.556. The topological polar surface area (TPSA) is 23.5 Å². The van der Waals surface area contributed by atoms with E-state index in [1.807, 2.05) is 0 Å². The first kappa shape index (κ1) is 8.23. The van der Waals surface area contributed by atoms with Crippen LogP contribution in [-0.4, -0.2) is 29.7 Å². The summed E-state index contributed by atoms with van der Waals surface area (Å²) in [6, 6.07) is 4.25. The molecule has 0 amide bonds. The van der Waals surface area contributed by atoms with Gasteiger partial charge in [0.25, 0.3) is 0 Å². The highest BCUT2D eigenvalue weighted by atomic mass is 32.1. The highest BCUT2D eigenvalue weighted by Crippen LogP contribution is 2.19. The molecular formula is C9H13NOS. The highest BCUT2D eigenvalue weighted by molar-refractivity contribution is 7.09. The van der Waals surface area contributed by atoms with Crippen LogP contribution in [0.3, 0.4) is 0 Å². The van der Waals surface area contributed by atoms with Gasteiger partial charge in [-0.25, -0.2) is 0 Å². The SMILES string of the molecule is OCC1CN(Cc2cccs2)C1. The highest BCUT2D eigenvalue weighted by Gasteiger charge is 2.25. The molecule has 0 bridgehead atoms. The van der Waals surface area contributed by atoms with Crippen molar-refractivity contribution in [1.82, 2.24) is 4.90 Å². The van der Waals surface area contributed by atoms with Crippen LogP contribution in [0.5, 0.6) is 0 Å². The molecule has 1 saturated heterocycles. The Balaban J connectivity index is 1.77. The lowest BCUT2D eigenvalue weighted by Gasteiger charge is -2.37. The lowest BCUT2D eigenvalue weighted by molar-refractivity contribution is 0.0487. The van der Waals surface area contributed by atoms with Crippen molar-refractivity contribution in [3.63, 3.8) is 0 Å². The van der Waals surface area contributed by atoms with Gasteiger partial charge in [0.2, 0.25) is 0 Å². The summed E-state index contributed by atoms with van der Waals surface area (Å²) in [5.74, 6) is 0.532. The molecule has 1 aliphatic rings. The third-order valence-corrected chi connectivity index (χ3v) is 3.11. The van der Waals surface area contributed by atoms with E-state index in [0.717, 1.165) is 19.6 Å². The maximum atomic E-state index is 8.81. The Labute approximate surface area is 76.4 Å². The Morgan fingerprint density at radius 2 is 2.42 bits per heavy atom. The van der Waals surface area contributed by atoms with Crippen LogP contribution in [0.25, 0.3) is 0 Å². The lowest BCUT2D eigenvalue weighted by atomic mass is 10.0. The molecule has 0 spiro atoms. The summed E-state index contributed by atoms with van der Waals surface area (Å²) in [7, 11) is 0. The van der Waals surface area contributed by atoms with Gasteiger partial charge in [0.1, 0.15) is 0 Å². The Morgan fingerprint density at radius 3 is 3.00 bits per heavy atom. The zero-order valence-corrected chi connectivity index (χ0v) is 7.76. The number of thiophene rings is 1. The van der Waals surface area contributed by atoms with Gasteiger partial charge in [0.15, 0.2) is 0 Å². The van der Waals surface area contributed by atoms with Gasteiger partial charge in [-0.3, -0.25) is 4.90 Å². The number of rotatable bonds is 3. The van der Waals surface area contributed by atoms with Gasteiger partial charge in [0, 0.05) is 37.0 Å². The van der Waals surface area contributed by atoms with Gasteiger partial charge in [-0.05, 0) is 11.4 Å². The summed E-state index contributed by atoms with van der Waals surface area (Å²) in [5, 5.41) is 10.9. The van der Waals surface area contributed by atoms with Gasteiger partial charge < -0.3 is 5.11 Å². The fourth-order valence-corrected chi connectivity index (χ4v) is 2.29. The largest absolute Gasteiger partial charge is 0.396 e. The van der Waals surface area contributed by atoms with E-state index >= 15 is 0 Å². The molecule has 1 aromatic rings. The minimum atomic E-state index is 0.348. The molecule has 2 rings (SSSR count). The van der Waals surface area contributed by atoms with Crippen LogP contribution in [0, 0.1) is 5.92 Å². The van der Waals surface area contributed by atoms with Crippen LogP contribution in [0.15, 0.2) is 17.5 Å². The van der Waals surface area contributed by atoms with E-state index in [0.29, 0.717) is 12.5 Å². The summed E-state index contributed by atoms with van der Waals surface area (Å²) in [6.07, 6.45) is 0. The van der Waals surface area contributed by atoms with E-state index in [4.69, 9.17) is 5.11 Å². The molecule has 1 fully saturated rings. The zero-order valence-electron chi connectivity index (χ0n) is 6.94. The Hall–Kier alpha value is -0.380. The third kappa shape index (κ3) is 1.68. The molecule has 1 aliphatic heterocycles. The average Bonchev–Trinajstić information content (AvgIpc) is 2.47. The fourth-order valence-electron chi connectivity index (χ4n) is 1.54. The zero-order chi connectivity index (χ0) is 8.39. The van der Waals surface area contributed by atoms with Crippen LogP contribution in [0.1, 0.15) is 4.88 Å². The van der Waals surface area contributed by atoms with Gasteiger partial charge in [-0.15, -0.1) is 11.3 Å². The number of hydrogen-bond acceptors (Lipinski definition) is 3. The van der Waals surface area contributed by atoms with E-state index < -0.39 is 0 Å². The molecule has 0 aliphatic carbocycles. The summed E-state index contributed by atoms with van der Waals surface area (Å²) in [5.41, 5.74) is 0. The minimum absolute atomic E-state index is 0.348. The van der Waals surface area contributed by atoms with Crippen molar-refractivity contribution in [2.24, 2.45) is 5.92 Å². The number of likely N-dealkylation sites (tertiary alicyclic amines) is 1. The van der Waals surface area contributed by atoms with Crippen LogP contribution in [-0.2, 0) is 6.54 Å². The maximum Gasteiger partial charge on any atom is 0.0483 e. The first-order valence-electron chi connectivity index (χ1n) is 4.24.